The maximum Gasteiger partial charge on any atom is 0.137 e. The summed E-state index contributed by atoms with van der Waals surface area (Å²) in [6.45, 7) is 0. The highest BCUT2D eigenvalue weighted by Crippen LogP contribution is 2.41. The van der Waals surface area contributed by atoms with E-state index in [-0.39, 0.29) is 5.75 Å². The van der Waals surface area contributed by atoms with Gasteiger partial charge in [0.1, 0.15) is 11.8 Å². The molecule has 0 atom stereocenters. The lowest BCUT2D eigenvalue weighted by Crippen LogP contribution is -1.97. The highest BCUT2D eigenvalue weighted by Gasteiger charge is 2.28. The summed E-state index contributed by atoms with van der Waals surface area (Å²) in [6.07, 6.45) is 6.38. The average Bonchev–Trinajstić information content (AvgIpc) is 2.84. The van der Waals surface area contributed by atoms with Crippen molar-refractivity contribution < 1.29 is 5.11 Å². The third-order valence-corrected chi connectivity index (χ3v) is 3.74. The number of fused-ring (bicyclic) bond motifs is 3. The van der Waals surface area contributed by atoms with Gasteiger partial charge in [-0.15, -0.1) is 0 Å². The molecule has 0 unspecified atom stereocenters. The van der Waals surface area contributed by atoms with Gasteiger partial charge in [-0.25, -0.2) is 0 Å². The molecule has 2 aliphatic carbocycles. The van der Waals surface area contributed by atoms with Gasteiger partial charge in [-0.05, 0) is 60.8 Å². The molecule has 1 aromatic rings. The Labute approximate surface area is 89.2 Å². The molecular formula is C13H13NO. The number of nitriles is 1. The lowest BCUT2D eigenvalue weighted by Gasteiger charge is -2.12. The number of rotatable bonds is 0. The van der Waals surface area contributed by atoms with Crippen LogP contribution in [0, 0.1) is 11.3 Å². The zero-order chi connectivity index (χ0) is 10.4. The van der Waals surface area contributed by atoms with Gasteiger partial charge in [0, 0.05) is 0 Å². The van der Waals surface area contributed by atoms with Crippen molar-refractivity contribution in [3.05, 3.63) is 27.8 Å². The van der Waals surface area contributed by atoms with Crippen molar-refractivity contribution in [2.24, 2.45) is 0 Å². The van der Waals surface area contributed by atoms with Gasteiger partial charge < -0.3 is 5.11 Å². The van der Waals surface area contributed by atoms with E-state index in [2.05, 4.69) is 6.07 Å². The van der Waals surface area contributed by atoms with Gasteiger partial charge in [0.05, 0.1) is 5.56 Å². The summed E-state index contributed by atoms with van der Waals surface area (Å²) in [4.78, 5) is 0. The molecule has 2 aliphatic rings. The zero-order valence-electron chi connectivity index (χ0n) is 8.64. The van der Waals surface area contributed by atoms with Crippen molar-refractivity contribution in [2.75, 3.05) is 0 Å². The predicted octanol–water partition coefficient (Wildman–Crippen LogP) is 2.24. The number of nitrogens with zero attached hydrogens (tertiary/aromatic N) is 1. The maximum absolute atomic E-state index is 10.1. The molecule has 0 amide bonds. The van der Waals surface area contributed by atoms with Crippen molar-refractivity contribution in [1.82, 2.24) is 0 Å². The van der Waals surface area contributed by atoms with Crippen LogP contribution in [0.3, 0.4) is 0 Å². The first-order valence-electron chi connectivity index (χ1n) is 5.61. The molecule has 0 bridgehead atoms. The summed E-state index contributed by atoms with van der Waals surface area (Å²) in [5.41, 5.74) is 5.50. The molecule has 0 saturated carbocycles. The van der Waals surface area contributed by atoms with Gasteiger partial charge in [-0.3, -0.25) is 0 Å². The molecule has 0 fully saturated rings. The lowest BCUT2D eigenvalue weighted by atomic mass is 9.94. The highest BCUT2D eigenvalue weighted by molar-refractivity contribution is 5.62. The Balaban J connectivity index is 2.37. The van der Waals surface area contributed by atoms with Gasteiger partial charge in [0.2, 0.25) is 0 Å². The Morgan fingerprint density at radius 3 is 2.07 bits per heavy atom. The lowest BCUT2D eigenvalue weighted by molar-refractivity contribution is 0.466. The van der Waals surface area contributed by atoms with Gasteiger partial charge in [0.15, 0.2) is 0 Å². The molecule has 15 heavy (non-hydrogen) atoms. The molecule has 2 nitrogen and oxygen atoms in total. The van der Waals surface area contributed by atoms with Gasteiger partial charge in [-0.1, -0.05) is 0 Å². The normalized spacial score (nSPS) is 17.3. The fraction of sp³-hybridized carbons (Fsp3) is 0.462. The van der Waals surface area contributed by atoms with Crippen LogP contribution in [-0.2, 0) is 25.7 Å². The van der Waals surface area contributed by atoms with Crippen LogP contribution in [0.25, 0.3) is 0 Å². The number of benzene rings is 1. The Morgan fingerprint density at radius 1 is 0.867 bits per heavy atom. The molecule has 0 spiro atoms. The van der Waals surface area contributed by atoms with Crippen LogP contribution >= 0.6 is 0 Å². The minimum Gasteiger partial charge on any atom is -0.506 e. The zero-order valence-corrected chi connectivity index (χ0v) is 8.64. The molecule has 1 N–H and O–H groups in total. The topological polar surface area (TPSA) is 44.0 Å². The quantitative estimate of drug-likeness (QED) is 0.696. The van der Waals surface area contributed by atoms with E-state index in [1.54, 1.807) is 0 Å². The Kier molecular flexibility index (Phi) is 1.76. The van der Waals surface area contributed by atoms with E-state index in [0.29, 0.717) is 5.56 Å². The summed E-state index contributed by atoms with van der Waals surface area (Å²) < 4.78 is 0. The molecular weight excluding hydrogens is 186 g/mol. The predicted molar refractivity (Wildman–Crippen MR) is 56.9 cm³/mol. The number of hydrogen-bond donors (Lipinski definition) is 1. The number of phenolic OH excluding ortho intramolecular Hbond substituents is 1. The first kappa shape index (κ1) is 8.79. The largest absolute Gasteiger partial charge is 0.506 e. The minimum absolute atomic E-state index is 0.283. The fourth-order valence-electron chi connectivity index (χ4n) is 3.10. The van der Waals surface area contributed by atoms with E-state index in [9.17, 15) is 5.11 Å². The van der Waals surface area contributed by atoms with Crippen LogP contribution in [0.15, 0.2) is 0 Å². The van der Waals surface area contributed by atoms with Crippen LogP contribution in [-0.4, -0.2) is 5.11 Å². The van der Waals surface area contributed by atoms with Crippen LogP contribution in [0.2, 0.25) is 0 Å². The second-order valence-corrected chi connectivity index (χ2v) is 4.46. The van der Waals surface area contributed by atoms with Crippen molar-refractivity contribution >= 4 is 0 Å². The van der Waals surface area contributed by atoms with Crippen LogP contribution < -0.4 is 0 Å². The highest BCUT2D eigenvalue weighted by atomic mass is 16.3. The number of hydrogen-bond acceptors (Lipinski definition) is 2. The monoisotopic (exact) mass is 199 g/mol. The van der Waals surface area contributed by atoms with E-state index in [1.807, 2.05) is 0 Å². The van der Waals surface area contributed by atoms with E-state index in [0.717, 1.165) is 49.7 Å². The summed E-state index contributed by atoms with van der Waals surface area (Å²) in [6, 6.07) is 2.18. The van der Waals surface area contributed by atoms with Crippen LogP contribution in [0.1, 0.15) is 40.7 Å². The molecule has 0 radical (unpaired) electrons. The fourth-order valence-corrected chi connectivity index (χ4v) is 3.10. The summed E-state index contributed by atoms with van der Waals surface area (Å²) in [5, 5.41) is 19.2. The van der Waals surface area contributed by atoms with Crippen molar-refractivity contribution in [3.8, 4) is 11.8 Å². The van der Waals surface area contributed by atoms with Gasteiger partial charge in [-0.2, -0.15) is 5.26 Å². The Bertz CT molecular complexity index is 473. The van der Waals surface area contributed by atoms with E-state index in [4.69, 9.17) is 5.26 Å². The van der Waals surface area contributed by atoms with Crippen molar-refractivity contribution in [3.63, 3.8) is 0 Å². The minimum atomic E-state index is 0.283. The molecule has 2 heteroatoms. The second kappa shape index (κ2) is 3.00. The van der Waals surface area contributed by atoms with Crippen molar-refractivity contribution in [2.45, 2.75) is 38.5 Å². The Hall–Kier alpha value is -1.49. The van der Waals surface area contributed by atoms with Crippen LogP contribution in [0.5, 0.6) is 5.75 Å². The smallest absolute Gasteiger partial charge is 0.137 e. The molecule has 3 rings (SSSR count). The van der Waals surface area contributed by atoms with E-state index >= 15 is 0 Å². The van der Waals surface area contributed by atoms with Gasteiger partial charge >= 0.3 is 0 Å². The number of phenols is 1. The van der Waals surface area contributed by atoms with E-state index in [1.165, 1.54) is 11.1 Å². The molecule has 0 saturated heterocycles. The van der Waals surface area contributed by atoms with E-state index < -0.39 is 0 Å². The first-order chi connectivity index (χ1) is 7.33. The molecule has 0 aromatic heterocycles. The first-order valence-corrected chi connectivity index (χ1v) is 5.61. The molecule has 0 heterocycles. The standard InChI is InChI=1S/C13H13NO/c14-7-12-10-5-1-3-8(10)9-4-2-6-11(9)13(12)15/h15H,1-6H2. The Morgan fingerprint density at radius 2 is 1.40 bits per heavy atom. The molecule has 76 valence electrons. The average molecular weight is 199 g/mol. The maximum atomic E-state index is 10.1. The molecule has 0 aliphatic heterocycles. The third-order valence-electron chi connectivity index (χ3n) is 3.74. The van der Waals surface area contributed by atoms with Gasteiger partial charge in [0.25, 0.3) is 0 Å². The number of aromatic hydroxyl groups is 1. The van der Waals surface area contributed by atoms with Crippen LogP contribution in [0.4, 0.5) is 0 Å². The summed E-state index contributed by atoms with van der Waals surface area (Å²) in [7, 11) is 0. The third kappa shape index (κ3) is 1.04. The summed E-state index contributed by atoms with van der Waals surface area (Å²) >= 11 is 0. The molecule has 1 aromatic carbocycles. The second-order valence-electron chi connectivity index (χ2n) is 4.46. The SMILES string of the molecule is N#Cc1c(O)c2c(c3c1CCC3)CCC2. The summed E-state index contributed by atoms with van der Waals surface area (Å²) in [5.74, 6) is 0.283. The van der Waals surface area contributed by atoms with Crippen molar-refractivity contribution in [1.29, 1.82) is 5.26 Å².